The molecule has 1 aliphatic carbocycles. The summed E-state index contributed by atoms with van der Waals surface area (Å²) in [7, 11) is 1.33. The molecule has 246 valence electrons. The topological polar surface area (TPSA) is 143 Å². The van der Waals surface area contributed by atoms with Crippen LogP contribution in [0.3, 0.4) is 0 Å². The number of hydrogen-bond acceptors (Lipinski definition) is 10. The fourth-order valence-corrected chi connectivity index (χ4v) is 7.39. The van der Waals surface area contributed by atoms with E-state index in [0.717, 1.165) is 45.8 Å². The van der Waals surface area contributed by atoms with E-state index in [4.69, 9.17) is 9.47 Å². The van der Waals surface area contributed by atoms with Crippen molar-refractivity contribution in [1.82, 2.24) is 20.0 Å². The van der Waals surface area contributed by atoms with E-state index < -0.39 is 72.6 Å². The first-order valence-electron chi connectivity index (χ1n) is 14.9. The Morgan fingerprint density at radius 3 is 2.52 bits per heavy atom. The van der Waals surface area contributed by atoms with Crippen LogP contribution < -0.4 is 4.90 Å². The van der Waals surface area contributed by atoms with E-state index >= 15 is 0 Å². The molecule has 15 heteroatoms. The number of fused-ring (bicyclic) bond motifs is 1. The highest BCUT2D eigenvalue weighted by Crippen LogP contribution is 2.39. The summed E-state index contributed by atoms with van der Waals surface area (Å²) in [5.41, 5.74) is 1.97. The van der Waals surface area contributed by atoms with Gasteiger partial charge in [0.05, 0.1) is 40.2 Å². The molecular formula is C31H34F3N5O6S. The van der Waals surface area contributed by atoms with Gasteiger partial charge in [-0.25, -0.2) is 22.8 Å². The molecule has 2 fully saturated rings. The maximum atomic E-state index is 14.8. The maximum absolute atomic E-state index is 14.8. The zero-order valence-electron chi connectivity index (χ0n) is 25.3. The number of hydrogen-bond donors (Lipinski definition) is 3. The van der Waals surface area contributed by atoms with Crippen molar-refractivity contribution in [3.63, 3.8) is 0 Å². The Bertz CT molecular complexity index is 1730. The van der Waals surface area contributed by atoms with Gasteiger partial charge in [-0.3, -0.25) is 4.79 Å². The van der Waals surface area contributed by atoms with Gasteiger partial charge in [0.15, 0.2) is 23.6 Å². The molecule has 0 bridgehead atoms. The van der Waals surface area contributed by atoms with Crippen LogP contribution in [0.4, 0.5) is 18.9 Å². The second-order valence-electron chi connectivity index (χ2n) is 11.8. The molecule has 4 aromatic rings. The molecule has 7 atom stereocenters. The Labute approximate surface area is 266 Å². The SMILES string of the molecule is CO[C@@H]1[C@@H](n2cc(-c3cc(F)c(F)c(F)c3)nn2)[C@@H](O)[C@@H](CO)O[C@H]1C(=O)N(c1cc2sc(C)nc2cc1C)[C@H]1CCCC[C@@H]1O. The number of carbonyl (C=O) groups is 1. The normalized spacial score (nSPS) is 26.8. The molecule has 3 N–H and O–H groups in total. The highest BCUT2D eigenvalue weighted by Gasteiger charge is 2.52. The first-order chi connectivity index (χ1) is 22.0. The predicted octanol–water partition coefficient (Wildman–Crippen LogP) is 3.60. The standard InChI is InChI=1S/C31H34F3N5O6S/c1-14-8-19-25(46-15(2)35-19)11-22(14)39(21-6-4-5-7-23(21)41)31(43)30-29(44-3)27(28(42)24(13-40)45-30)38-12-20(36-37-38)16-9-17(32)26(34)18(33)10-16/h8-12,21,23-24,27-30,40-42H,4-7,13H2,1-3H3/t21-,23-,24+,27-,28-,29+,30+/m0/s1. The quantitative estimate of drug-likeness (QED) is 0.253. The average molecular weight is 662 g/mol. The van der Waals surface area contributed by atoms with E-state index in [1.807, 2.05) is 26.0 Å². The largest absolute Gasteiger partial charge is 0.394 e. The number of aliphatic hydroxyl groups excluding tert-OH is 3. The van der Waals surface area contributed by atoms with Crippen LogP contribution in [-0.2, 0) is 14.3 Å². The number of aliphatic hydroxyl groups is 3. The van der Waals surface area contributed by atoms with Crippen LogP contribution in [-0.4, -0.2) is 91.5 Å². The molecule has 3 heterocycles. The van der Waals surface area contributed by atoms with Crippen LogP contribution in [0.2, 0.25) is 0 Å². The van der Waals surface area contributed by atoms with Crippen LogP contribution in [0.15, 0.2) is 30.5 Å². The van der Waals surface area contributed by atoms with Crippen molar-refractivity contribution in [2.24, 2.45) is 0 Å². The number of nitrogens with zero attached hydrogens (tertiary/aromatic N) is 5. The summed E-state index contributed by atoms with van der Waals surface area (Å²) in [5.74, 6) is -5.01. The first kappa shape index (κ1) is 32.5. The van der Waals surface area contributed by atoms with E-state index in [1.54, 1.807) is 4.90 Å². The third kappa shape index (κ3) is 5.80. The molecule has 46 heavy (non-hydrogen) atoms. The highest BCUT2D eigenvalue weighted by molar-refractivity contribution is 7.18. The Morgan fingerprint density at radius 1 is 1.13 bits per heavy atom. The van der Waals surface area contributed by atoms with E-state index in [1.165, 1.54) is 29.3 Å². The van der Waals surface area contributed by atoms with Gasteiger partial charge < -0.3 is 29.7 Å². The van der Waals surface area contributed by atoms with Gasteiger partial charge in [-0.05, 0) is 56.5 Å². The van der Waals surface area contributed by atoms with Gasteiger partial charge in [-0.1, -0.05) is 18.1 Å². The molecule has 1 saturated carbocycles. The van der Waals surface area contributed by atoms with Gasteiger partial charge in [0.25, 0.3) is 5.91 Å². The van der Waals surface area contributed by atoms with Crippen LogP contribution >= 0.6 is 11.3 Å². The molecule has 2 aromatic heterocycles. The third-order valence-corrected chi connectivity index (χ3v) is 9.75. The summed E-state index contributed by atoms with van der Waals surface area (Å²) in [5, 5.41) is 41.5. The zero-order valence-corrected chi connectivity index (χ0v) is 26.1. The van der Waals surface area contributed by atoms with E-state index in [0.29, 0.717) is 18.5 Å². The van der Waals surface area contributed by atoms with Gasteiger partial charge in [-0.15, -0.1) is 16.4 Å². The summed E-state index contributed by atoms with van der Waals surface area (Å²) < 4.78 is 55.4. The summed E-state index contributed by atoms with van der Waals surface area (Å²) in [6.45, 7) is 3.09. The van der Waals surface area contributed by atoms with Crippen molar-refractivity contribution in [1.29, 1.82) is 0 Å². The minimum absolute atomic E-state index is 0.0366. The van der Waals surface area contributed by atoms with Gasteiger partial charge in [-0.2, -0.15) is 0 Å². The number of methoxy groups -OCH3 is 1. The number of aryl methyl sites for hydroxylation is 2. The van der Waals surface area contributed by atoms with Crippen molar-refractivity contribution in [3.8, 4) is 11.3 Å². The summed E-state index contributed by atoms with van der Waals surface area (Å²) in [6.07, 6.45) is -2.21. The van der Waals surface area contributed by atoms with Crippen LogP contribution in [0.25, 0.3) is 21.5 Å². The summed E-state index contributed by atoms with van der Waals surface area (Å²) >= 11 is 1.48. The number of aromatic nitrogens is 4. The summed E-state index contributed by atoms with van der Waals surface area (Å²) in [4.78, 5) is 20.9. The lowest BCUT2D eigenvalue weighted by molar-refractivity contribution is -0.211. The minimum atomic E-state index is -1.63. The third-order valence-electron chi connectivity index (χ3n) is 8.81. The zero-order chi connectivity index (χ0) is 32.9. The second kappa shape index (κ2) is 13.0. The predicted molar refractivity (Wildman–Crippen MR) is 162 cm³/mol. The number of rotatable bonds is 7. The van der Waals surface area contributed by atoms with Crippen LogP contribution in [0.1, 0.15) is 42.3 Å². The Hall–Kier alpha value is -3.47. The smallest absolute Gasteiger partial charge is 0.259 e. The average Bonchev–Trinajstić information content (AvgIpc) is 3.66. The molecule has 2 aliphatic rings. The number of thiazole rings is 1. The second-order valence-corrected chi connectivity index (χ2v) is 13.0. The molecule has 6 rings (SSSR count). The molecule has 11 nitrogen and oxygen atoms in total. The van der Waals surface area contributed by atoms with Crippen molar-refractivity contribution in [2.45, 2.75) is 82.1 Å². The van der Waals surface area contributed by atoms with Gasteiger partial charge in [0, 0.05) is 18.4 Å². The number of ether oxygens (including phenoxy) is 2. The summed E-state index contributed by atoms with van der Waals surface area (Å²) in [6, 6.07) is 3.54. The maximum Gasteiger partial charge on any atom is 0.259 e. The van der Waals surface area contributed by atoms with Crippen molar-refractivity contribution >= 4 is 33.1 Å². The molecule has 1 saturated heterocycles. The minimum Gasteiger partial charge on any atom is -0.394 e. The number of carbonyl (C=O) groups excluding carboxylic acids is 1. The molecule has 0 radical (unpaired) electrons. The van der Waals surface area contributed by atoms with Crippen molar-refractivity contribution in [2.75, 3.05) is 18.6 Å². The number of halogens is 3. The van der Waals surface area contributed by atoms with E-state index in [-0.39, 0.29) is 11.3 Å². The van der Waals surface area contributed by atoms with Gasteiger partial charge in [0.2, 0.25) is 0 Å². The molecular weight excluding hydrogens is 627 g/mol. The van der Waals surface area contributed by atoms with E-state index in [2.05, 4.69) is 15.3 Å². The number of anilines is 1. The fourth-order valence-electron chi connectivity index (χ4n) is 6.55. The van der Waals surface area contributed by atoms with Crippen molar-refractivity contribution in [3.05, 3.63) is 58.5 Å². The van der Waals surface area contributed by atoms with Gasteiger partial charge >= 0.3 is 0 Å². The Morgan fingerprint density at radius 2 is 1.85 bits per heavy atom. The Kier molecular flexibility index (Phi) is 9.15. The lowest BCUT2D eigenvalue weighted by atomic mass is 9.88. The number of amides is 1. The molecule has 1 aliphatic heterocycles. The lowest BCUT2D eigenvalue weighted by Crippen LogP contribution is -2.63. The van der Waals surface area contributed by atoms with Crippen LogP contribution in [0, 0.1) is 31.3 Å². The molecule has 2 aromatic carbocycles. The van der Waals surface area contributed by atoms with Gasteiger partial charge in [0.1, 0.15) is 30.0 Å². The van der Waals surface area contributed by atoms with E-state index in [9.17, 15) is 33.3 Å². The highest BCUT2D eigenvalue weighted by atomic mass is 32.1. The Balaban J connectivity index is 1.41. The fraction of sp³-hybridized carbons (Fsp3) is 0.484. The van der Waals surface area contributed by atoms with Crippen molar-refractivity contribution < 1.29 is 42.8 Å². The molecule has 1 amide bonds. The number of benzene rings is 2. The first-order valence-corrected chi connectivity index (χ1v) is 15.8. The molecule has 0 unspecified atom stereocenters. The monoisotopic (exact) mass is 661 g/mol. The van der Waals surface area contributed by atoms with Crippen LogP contribution in [0.5, 0.6) is 0 Å². The molecule has 0 spiro atoms. The lowest BCUT2D eigenvalue weighted by Gasteiger charge is -2.46.